The maximum Gasteiger partial charge on any atom is 0.320 e. The number of ether oxygens (including phenoxy) is 1. The predicted octanol–water partition coefficient (Wildman–Crippen LogP) is 0.966. The number of carboxylic acids is 1. The van der Waals surface area contributed by atoms with E-state index < -0.39 is 12.0 Å². The van der Waals surface area contributed by atoms with Crippen LogP contribution in [-0.4, -0.2) is 42.0 Å². The van der Waals surface area contributed by atoms with E-state index in [0.29, 0.717) is 37.1 Å². The van der Waals surface area contributed by atoms with Crippen LogP contribution in [0.15, 0.2) is 24.3 Å². The van der Waals surface area contributed by atoms with E-state index in [9.17, 15) is 14.4 Å². The number of rotatable bonds is 10. The van der Waals surface area contributed by atoms with Crippen molar-refractivity contribution < 1.29 is 24.2 Å². The number of unbranched alkanes of at least 4 members (excludes halogenated alkanes) is 1. The van der Waals surface area contributed by atoms with Crippen LogP contribution in [-0.2, 0) is 9.59 Å². The highest BCUT2D eigenvalue weighted by Gasteiger charge is 2.10. The quantitative estimate of drug-likeness (QED) is 0.436. The summed E-state index contributed by atoms with van der Waals surface area (Å²) in [6.45, 7) is 1.80. The number of nitrogens with one attached hydrogen (secondary N) is 1. The average molecular weight is 322 g/mol. The highest BCUT2D eigenvalue weighted by atomic mass is 16.5. The molecule has 1 aromatic carbocycles. The molecule has 0 aliphatic carbocycles. The average Bonchev–Trinajstić information content (AvgIpc) is 2.52. The molecule has 1 rings (SSSR count). The summed E-state index contributed by atoms with van der Waals surface area (Å²) in [5, 5.41) is 11.3. The first-order valence-corrected chi connectivity index (χ1v) is 7.39. The van der Waals surface area contributed by atoms with E-state index in [-0.39, 0.29) is 18.3 Å². The van der Waals surface area contributed by atoms with Crippen molar-refractivity contribution in [3.63, 3.8) is 0 Å². The van der Waals surface area contributed by atoms with Crippen LogP contribution in [0.3, 0.4) is 0 Å². The van der Waals surface area contributed by atoms with Gasteiger partial charge in [0.15, 0.2) is 12.4 Å². The molecule has 23 heavy (non-hydrogen) atoms. The summed E-state index contributed by atoms with van der Waals surface area (Å²) < 4.78 is 5.31. The molecule has 0 unspecified atom stereocenters. The molecular weight excluding hydrogens is 300 g/mol. The molecule has 0 spiro atoms. The van der Waals surface area contributed by atoms with Gasteiger partial charge in [0.25, 0.3) is 5.91 Å². The van der Waals surface area contributed by atoms with Crippen LogP contribution in [0.4, 0.5) is 0 Å². The summed E-state index contributed by atoms with van der Waals surface area (Å²) in [6.07, 6.45) is 1.66. The smallest absolute Gasteiger partial charge is 0.320 e. The molecule has 7 heteroatoms. The number of hydrogen-bond acceptors (Lipinski definition) is 5. The number of ketones is 1. The molecule has 126 valence electrons. The van der Waals surface area contributed by atoms with Crippen LogP contribution in [0.2, 0.25) is 0 Å². The van der Waals surface area contributed by atoms with Gasteiger partial charge in [0.2, 0.25) is 0 Å². The third-order valence-corrected chi connectivity index (χ3v) is 3.21. The van der Waals surface area contributed by atoms with Crippen LogP contribution in [0.5, 0.6) is 5.75 Å². The van der Waals surface area contributed by atoms with Crippen molar-refractivity contribution in [2.24, 2.45) is 5.73 Å². The number of aliphatic carboxylic acids is 1. The van der Waals surface area contributed by atoms with Crippen molar-refractivity contribution in [1.82, 2.24) is 5.32 Å². The maximum atomic E-state index is 11.6. The van der Waals surface area contributed by atoms with E-state index in [1.54, 1.807) is 24.3 Å². The minimum Gasteiger partial charge on any atom is -0.484 e. The van der Waals surface area contributed by atoms with Crippen LogP contribution in [0, 0.1) is 0 Å². The van der Waals surface area contributed by atoms with Crippen molar-refractivity contribution in [1.29, 1.82) is 0 Å². The second kappa shape index (κ2) is 9.58. The second-order valence-electron chi connectivity index (χ2n) is 5.16. The lowest BCUT2D eigenvalue weighted by atomic mass is 10.1. The van der Waals surface area contributed by atoms with Gasteiger partial charge in [0.1, 0.15) is 11.8 Å². The van der Waals surface area contributed by atoms with E-state index in [0.717, 1.165) is 0 Å². The number of carbonyl (C=O) groups is 3. The zero-order valence-corrected chi connectivity index (χ0v) is 13.1. The van der Waals surface area contributed by atoms with E-state index in [1.807, 2.05) is 0 Å². The molecule has 0 saturated heterocycles. The minimum absolute atomic E-state index is 0.0306. The molecule has 0 radical (unpaired) electrons. The Morgan fingerprint density at radius 3 is 2.43 bits per heavy atom. The molecule has 7 nitrogen and oxygen atoms in total. The van der Waals surface area contributed by atoms with E-state index in [1.165, 1.54) is 6.92 Å². The van der Waals surface area contributed by atoms with Crippen LogP contribution < -0.4 is 15.8 Å². The van der Waals surface area contributed by atoms with Gasteiger partial charge < -0.3 is 20.9 Å². The molecule has 1 amide bonds. The fourth-order valence-electron chi connectivity index (χ4n) is 1.83. The molecule has 0 aliphatic rings. The molecule has 0 heterocycles. The highest BCUT2D eigenvalue weighted by molar-refractivity contribution is 5.94. The predicted molar refractivity (Wildman–Crippen MR) is 84.4 cm³/mol. The summed E-state index contributed by atoms with van der Waals surface area (Å²) in [5.74, 6) is -0.795. The fraction of sp³-hybridized carbons (Fsp3) is 0.438. The van der Waals surface area contributed by atoms with Crippen molar-refractivity contribution in [2.45, 2.75) is 32.2 Å². The summed E-state index contributed by atoms with van der Waals surface area (Å²) in [7, 11) is 0. The summed E-state index contributed by atoms with van der Waals surface area (Å²) in [6, 6.07) is 5.70. The molecule has 1 atom stereocenters. The Bertz CT molecular complexity index is 542. The molecule has 0 aromatic heterocycles. The zero-order valence-electron chi connectivity index (χ0n) is 13.1. The lowest BCUT2D eigenvalue weighted by Crippen LogP contribution is -2.31. The standard InChI is InChI=1S/C16H22N2O5/c1-11(19)12-5-7-13(8-6-12)23-10-15(20)18-9-3-2-4-14(17)16(21)22/h5-8,14H,2-4,9-10,17H2,1H3,(H,18,20)(H,21,22)/t14-/m0/s1. The van der Waals surface area contributed by atoms with Gasteiger partial charge in [0, 0.05) is 12.1 Å². The van der Waals surface area contributed by atoms with E-state index >= 15 is 0 Å². The SMILES string of the molecule is CC(=O)c1ccc(OCC(=O)NCCCC[C@H](N)C(=O)O)cc1. The zero-order chi connectivity index (χ0) is 17.2. The third-order valence-electron chi connectivity index (χ3n) is 3.21. The van der Waals surface area contributed by atoms with Gasteiger partial charge in [-0.25, -0.2) is 0 Å². The van der Waals surface area contributed by atoms with Gasteiger partial charge in [-0.3, -0.25) is 14.4 Å². The normalized spacial score (nSPS) is 11.6. The summed E-state index contributed by atoms with van der Waals surface area (Å²) in [4.78, 5) is 33.2. The monoisotopic (exact) mass is 322 g/mol. The number of carboxylic acid groups (broad SMARTS) is 1. The molecule has 4 N–H and O–H groups in total. The topological polar surface area (TPSA) is 119 Å². The Labute approximate surface area is 134 Å². The van der Waals surface area contributed by atoms with Crippen LogP contribution in [0.25, 0.3) is 0 Å². The summed E-state index contributed by atoms with van der Waals surface area (Å²) >= 11 is 0. The first-order valence-electron chi connectivity index (χ1n) is 7.39. The van der Waals surface area contributed by atoms with E-state index in [2.05, 4.69) is 5.32 Å². The Hall–Kier alpha value is -2.41. The number of benzene rings is 1. The molecule has 1 aromatic rings. The first-order chi connectivity index (χ1) is 10.9. The maximum absolute atomic E-state index is 11.6. The Kier molecular flexibility index (Phi) is 7.76. The van der Waals surface area contributed by atoms with Gasteiger partial charge >= 0.3 is 5.97 Å². The largest absolute Gasteiger partial charge is 0.484 e. The lowest BCUT2D eigenvalue weighted by molar-refractivity contribution is -0.138. The Morgan fingerprint density at radius 2 is 1.87 bits per heavy atom. The van der Waals surface area contributed by atoms with Crippen molar-refractivity contribution >= 4 is 17.7 Å². The lowest BCUT2D eigenvalue weighted by Gasteiger charge is -2.09. The molecule has 0 fully saturated rings. The number of nitrogens with two attached hydrogens (primary N) is 1. The Balaban J connectivity index is 2.17. The van der Waals surface area contributed by atoms with E-state index in [4.69, 9.17) is 15.6 Å². The number of Topliss-reactive ketones (excluding diaryl/α,β-unsaturated/α-hetero) is 1. The van der Waals surface area contributed by atoms with Crippen molar-refractivity contribution in [2.75, 3.05) is 13.2 Å². The minimum atomic E-state index is -1.02. The first kappa shape index (κ1) is 18.6. The third kappa shape index (κ3) is 7.42. The van der Waals surface area contributed by atoms with Gasteiger partial charge in [0.05, 0.1) is 0 Å². The van der Waals surface area contributed by atoms with Gasteiger partial charge in [-0.15, -0.1) is 0 Å². The van der Waals surface area contributed by atoms with Gasteiger partial charge in [-0.1, -0.05) is 0 Å². The molecular formula is C16H22N2O5. The number of hydrogen-bond donors (Lipinski definition) is 3. The number of carbonyl (C=O) groups excluding carboxylic acids is 2. The van der Waals surface area contributed by atoms with Crippen molar-refractivity contribution in [3.05, 3.63) is 29.8 Å². The van der Waals surface area contributed by atoms with Crippen molar-refractivity contribution in [3.8, 4) is 5.75 Å². The van der Waals surface area contributed by atoms with Gasteiger partial charge in [-0.2, -0.15) is 0 Å². The van der Waals surface area contributed by atoms with Crippen LogP contribution >= 0.6 is 0 Å². The second-order valence-corrected chi connectivity index (χ2v) is 5.16. The molecule has 0 aliphatic heterocycles. The Morgan fingerprint density at radius 1 is 1.22 bits per heavy atom. The molecule has 0 bridgehead atoms. The van der Waals surface area contributed by atoms with Gasteiger partial charge in [-0.05, 0) is 50.5 Å². The molecule has 0 saturated carbocycles. The highest BCUT2D eigenvalue weighted by Crippen LogP contribution is 2.12. The fourth-order valence-corrected chi connectivity index (χ4v) is 1.83. The summed E-state index contributed by atoms with van der Waals surface area (Å²) in [5.41, 5.74) is 5.96. The van der Waals surface area contributed by atoms with Crippen LogP contribution in [0.1, 0.15) is 36.5 Å². The number of amides is 1.